The van der Waals surface area contributed by atoms with Gasteiger partial charge in [-0.2, -0.15) is 0 Å². The van der Waals surface area contributed by atoms with Crippen LogP contribution >= 0.6 is 0 Å². The summed E-state index contributed by atoms with van der Waals surface area (Å²) < 4.78 is 0. The van der Waals surface area contributed by atoms with Crippen molar-refractivity contribution in [2.75, 3.05) is 0 Å². The van der Waals surface area contributed by atoms with Gasteiger partial charge in [0.2, 0.25) is 0 Å². The summed E-state index contributed by atoms with van der Waals surface area (Å²) in [7, 11) is 0. The maximum Gasteiger partial charge on any atom is 0.139 e. The number of Topliss-reactive ketones (excluding diaryl/α,β-unsaturated/α-hetero) is 1. The normalized spacial score (nSPS) is 53.3. The summed E-state index contributed by atoms with van der Waals surface area (Å²) in [6.45, 7) is 8.11. The third-order valence-electron chi connectivity index (χ3n) is 5.71. The third-order valence-corrected chi connectivity index (χ3v) is 5.71. The fourth-order valence-electron chi connectivity index (χ4n) is 5.08. The molecule has 0 unspecified atom stereocenters. The second-order valence-electron chi connectivity index (χ2n) is 7.18. The van der Waals surface area contributed by atoms with Crippen LogP contribution in [0.2, 0.25) is 0 Å². The summed E-state index contributed by atoms with van der Waals surface area (Å²) in [5, 5.41) is 21.3. The first-order valence-corrected chi connectivity index (χ1v) is 6.83. The van der Waals surface area contributed by atoms with Crippen molar-refractivity contribution in [1.29, 1.82) is 0 Å². The minimum absolute atomic E-state index is 0.0683. The number of carbonyl (C=O) groups excluding carboxylic acids is 1. The number of ketones is 1. The van der Waals surface area contributed by atoms with Gasteiger partial charge in [0.25, 0.3) is 0 Å². The number of aliphatic hydroxyl groups excluding tert-OH is 1. The van der Waals surface area contributed by atoms with Gasteiger partial charge in [-0.05, 0) is 30.1 Å². The van der Waals surface area contributed by atoms with Gasteiger partial charge >= 0.3 is 0 Å². The Morgan fingerprint density at radius 1 is 1.39 bits per heavy atom. The Balaban J connectivity index is 2.25. The van der Waals surface area contributed by atoms with E-state index in [-0.39, 0.29) is 11.7 Å². The molecule has 0 amide bonds. The van der Waals surface area contributed by atoms with E-state index in [1.54, 1.807) is 6.08 Å². The average Bonchev–Trinajstić information content (AvgIpc) is 2.35. The molecule has 2 saturated carbocycles. The molecule has 100 valence electrons. The van der Waals surface area contributed by atoms with Gasteiger partial charge in [0, 0.05) is 6.42 Å². The van der Waals surface area contributed by atoms with Crippen LogP contribution in [0.15, 0.2) is 11.6 Å². The summed E-state index contributed by atoms with van der Waals surface area (Å²) in [5.74, 6) is 0.412. The van der Waals surface area contributed by atoms with Crippen molar-refractivity contribution < 1.29 is 15.0 Å². The van der Waals surface area contributed by atoms with Gasteiger partial charge in [0.15, 0.2) is 0 Å². The third kappa shape index (κ3) is 1.15. The van der Waals surface area contributed by atoms with E-state index < -0.39 is 23.0 Å². The Morgan fingerprint density at radius 3 is 2.61 bits per heavy atom. The second kappa shape index (κ2) is 3.26. The highest BCUT2D eigenvalue weighted by Crippen LogP contribution is 2.64. The van der Waals surface area contributed by atoms with E-state index in [0.717, 1.165) is 5.57 Å². The molecule has 0 saturated heterocycles. The molecule has 3 rings (SSSR count). The SMILES string of the molecule is CC1=C[C@@]2(O)[C@@H]3C(=O)C[C@@H](C)[C@H]1[C@@H]3C(C)(C)[C@@H]2O. The second-order valence-corrected chi connectivity index (χ2v) is 7.18. The number of rotatable bonds is 0. The van der Waals surface area contributed by atoms with E-state index in [9.17, 15) is 15.0 Å². The molecule has 0 heterocycles. The number of carbonyl (C=O) groups is 1. The van der Waals surface area contributed by atoms with Crippen molar-refractivity contribution in [2.45, 2.75) is 45.8 Å². The first kappa shape index (κ1) is 12.4. The van der Waals surface area contributed by atoms with Crippen LogP contribution in [-0.4, -0.2) is 27.7 Å². The first-order chi connectivity index (χ1) is 8.21. The minimum Gasteiger partial charge on any atom is -0.389 e. The van der Waals surface area contributed by atoms with Crippen LogP contribution < -0.4 is 0 Å². The molecular weight excluding hydrogens is 228 g/mol. The molecule has 0 radical (unpaired) electrons. The number of aliphatic hydroxyl groups is 2. The smallest absolute Gasteiger partial charge is 0.139 e. The lowest BCUT2D eigenvalue weighted by atomic mass is 9.56. The Labute approximate surface area is 108 Å². The number of hydrogen-bond acceptors (Lipinski definition) is 3. The maximum absolute atomic E-state index is 12.3. The highest BCUT2D eigenvalue weighted by atomic mass is 16.3. The van der Waals surface area contributed by atoms with Gasteiger partial charge < -0.3 is 10.2 Å². The Kier molecular flexibility index (Phi) is 2.24. The zero-order valence-electron chi connectivity index (χ0n) is 11.5. The predicted octanol–water partition coefficient (Wildman–Crippen LogP) is 1.54. The average molecular weight is 250 g/mol. The fourth-order valence-corrected chi connectivity index (χ4v) is 5.08. The molecule has 0 aliphatic heterocycles. The van der Waals surface area contributed by atoms with E-state index >= 15 is 0 Å². The lowest BCUT2D eigenvalue weighted by molar-refractivity contribution is -0.140. The van der Waals surface area contributed by atoms with E-state index in [4.69, 9.17) is 0 Å². The minimum atomic E-state index is -1.34. The van der Waals surface area contributed by atoms with Crippen LogP contribution in [0.5, 0.6) is 0 Å². The van der Waals surface area contributed by atoms with Crippen molar-refractivity contribution in [3.05, 3.63) is 11.6 Å². The Bertz CT molecular complexity index is 451. The molecule has 6 atom stereocenters. The summed E-state index contributed by atoms with van der Waals surface area (Å²) in [6.07, 6.45) is 1.45. The monoisotopic (exact) mass is 250 g/mol. The molecular formula is C15H22O3. The molecule has 0 aromatic rings. The van der Waals surface area contributed by atoms with Crippen molar-refractivity contribution in [3.63, 3.8) is 0 Å². The molecule has 3 heteroatoms. The lowest BCUT2D eigenvalue weighted by Gasteiger charge is -2.47. The molecule has 3 aliphatic carbocycles. The Morgan fingerprint density at radius 2 is 2.00 bits per heavy atom. The zero-order valence-corrected chi connectivity index (χ0v) is 11.5. The molecule has 0 aromatic heterocycles. The molecule has 0 aromatic carbocycles. The first-order valence-electron chi connectivity index (χ1n) is 6.83. The largest absolute Gasteiger partial charge is 0.389 e. The maximum atomic E-state index is 12.3. The van der Waals surface area contributed by atoms with Gasteiger partial charge in [0.05, 0.1) is 12.0 Å². The van der Waals surface area contributed by atoms with Gasteiger partial charge in [0.1, 0.15) is 11.4 Å². The summed E-state index contributed by atoms with van der Waals surface area (Å²) in [5.41, 5.74) is -0.613. The lowest BCUT2D eigenvalue weighted by Crippen LogP contribution is -2.52. The fraction of sp³-hybridized carbons (Fsp3) is 0.800. The standard InChI is InChI=1S/C15H22O3/c1-7-5-9(16)11-12-10(7)8(2)6-15(11,18)13(17)14(12,3)4/h6-7,10-13,17-18H,5H2,1-4H3/t7-,10-,11-,12+,13+,15-/m1/s1. The van der Waals surface area contributed by atoms with Gasteiger partial charge in [-0.1, -0.05) is 32.4 Å². The van der Waals surface area contributed by atoms with Crippen LogP contribution in [0.1, 0.15) is 34.1 Å². The van der Waals surface area contributed by atoms with Crippen molar-refractivity contribution in [2.24, 2.45) is 29.1 Å². The van der Waals surface area contributed by atoms with E-state index in [1.807, 2.05) is 20.8 Å². The molecule has 2 N–H and O–H groups in total. The van der Waals surface area contributed by atoms with E-state index in [1.165, 1.54) is 0 Å². The van der Waals surface area contributed by atoms with Crippen LogP contribution in [0.3, 0.4) is 0 Å². The van der Waals surface area contributed by atoms with Crippen LogP contribution in [0.4, 0.5) is 0 Å². The van der Waals surface area contributed by atoms with Crippen LogP contribution in [0, 0.1) is 29.1 Å². The van der Waals surface area contributed by atoms with Crippen LogP contribution in [-0.2, 0) is 4.79 Å². The van der Waals surface area contributed by atoms with E-state index in [2.05, 4.69) is 6.92 Å². The molecule has 3 aliphatic rings. The molecule has 3 nitrogen and oxygen atoms in total. The zero-order chi connectivity index (χ0) is 13.5. The van der Waals surface area contributed by atoms with Gasteiger partial charge in [-0.3, -0.25) is 4.79 Å². The quantitative estimate of drug-likeness (QED) is 0.641. The topological polar surface area (TPSA) is 57.5 Å². The number of hydrogen-bond donors (Lipinski definition) is 2. The highest BCUT2D eigenvalue weighted by molar-refractivity contribution is 5.86. The van der Waals surface area contributed by atoms with Crippen molar-refractivity contribution in [3.8, 4) is 0 Å². The molecule has 4 bridgehead atoms. The summed E-state index contributed by atoms with van der Waals surface area (Å²) in [6, 6.07) is 0. The van der Waals surface area contributed by atoms with Crippen molar-refractivity contribution in [1.82, 2.24) is 0 Å². The highest BCUT2D eigenvalue weighted by Gasteiger charge is 2.70. The summed E-state index contributed by atoms with van der Waals surface area (Å²) in [4.78, 5) is 12.3. The predicted molar refractivity (Wildman–Crippen MR) is 67.8 cm³/mol. The van der Waals surface area contributed by atoms with Crippen LogP contribution in [0.25, 0.3) is 0 Å². The van der Waals surface area contributed by atoms with Gasteiger partial charge in [-0.25, -0.2) is 0 Å². The number of allylic oxidation sites excluding steroid dienone is 1. The molecule has 18 heavy (non-hydrogen) atoms. The molecule has 0 spiro atoms. The Hall–Kier alpha value is -0.670. The molecule has 2 fully saturated rings. The summed E-state index contributed by atoms with van der Waals surface area (Å²) >= 11 is 0. The van der Waals surface area contributed by atoms with Gasteiger partial charge in [-0.15, -0.1) is 0 Å². The van der Waals surface area contributed by atoms with Crippen molar-refractivity contribution >= 4 is 5.78 Å². The van der Waals surface area contributed by atoms with E-state index in [0.29, 0.717) is 18.3 Å².